The van der Waals surface area contributed by atoms with Crippen LogP contribution in [0.15, 0.2) is 5.03 Å². The minimum Gasteiger partial charge on any atom is -0.445 e. The predicted octanol–water partition coefficient (Wildman–Crippen LogP) is 4.60. The topological polar surface area (TPSA) is 81.6 Å². The molecule has 7 nitrogen and oxygen atoms in total. The molecule has 1 aromatic rings. The first kappa shape index (κ1) is 23.4. The van der Waals surface area contributed by atoms with Crippen molar-refractivity contribution in [2.45, 2.75) is 97.2 Å². The maximum atomic E-state index is 12.0. The van der Waals surface area contributed by atoms with Gasteiger partial charge < -0.3 is 24.7 Å². The van der Waals surface area contributed by atoms with E-state index in [1.165, 1.54) is 5.69 Å². The van der Waals surface area contributed by atoms with Crippen LogP contribution in [0.1, 0.15) is 70.7 Å². The molecule has 2 rings (SSSR count). The fraction of sp³-hybridized carbons (Fsp3) is 0.714. The van der Waals surface area contributed by atoms with Crippen LogP contribution in [0, 0.1) is 0 Å². The van der Waals surface area contributed by atoms with Gasteiger partial charge in [0.15, 0.2) is 0 Å². The van der Waals surface area contributed by atoms with Crippen molar-refractivity contribution in [3.63, 3.8) is 0 Å². The number of unbranched alkanes of at least 4 members (excludes halogenated alkanes) is 2. The number of rotatable bonds is 10. The van der Waals surface area contributed by atoms with Gasteiger partial charge in [0.05, 0.1) is 5.03 Å². The van der Waals surface area contributed by atoms with E-state index in [1.807, 2.05) is 27.7 Å². The second-order valence-corrected chi connectivity index (χ2v) is 9.00. The van der Waals surface area contributed by atoms with Crippen LogP contribution < -0.4 is 10.6 Å². The molecule has 0 aromatic carbocycles. The molecule has 0 saturated heterocycles. The summed E-state index contributed by atoms with van der Waals surface area (Å²) in [7, 11) is 0. The van der Waals surface area contributed by atoms with E-state index in [2.05, 4.69) is 22.1 Å². The van der Waals surface area contributed by atoms with Gasteiger partial charge in [0, 0.05) is 41.2 Å². The van der Waals surface area contributed by atoms with E-state index in [0.29, 0.717) is 0 Å². The first-order valence-corrected chi connectivity index (χ1v) is 11.5. The monoisotopic (exact) mass is 425 g/mol. The molecule has 2 amide bonds. The molecular formula is C21H35N3O4S. The molecule has 29 heavy (non-hydrogen) atoms. The lowest BCUT2D eigenvalue weighted by molar-refractivity contribution is 0.128. The van der Waals surface area contributed by atoms with Crippen molar-refractivity contribution in [2.75, 3.05) is 5.75 Å². The summed E-state index contributed by atoms with van der Waals surface area (Å²) in [6.45, 7) is 11.1. The third-order valence-electron chi connectivity index (χ3n) is 4.62. The number of nitrogens with one attached hydrogen (secondary N) is 2. The molecule has 2 N–H and O–H groups in total. The Morgan fingerprint density at radius 1 is 1.00 bits per heavy atom. The summed E-state index contributed by atoms with van der Waals surface area (Å²) in [6, 6.07) is 0.0346. The summed E-state index contributed by atoms with van der Waals surface area (Å²) < 4.78 is 13.3. The maximum absolute atomic E-state index is 12.0. The van der Waals surface area contributed by atoms with Crippen molar-refractivity contribution in [3.8, 4) is 0 Å². The number of thioether (sulfide) groups is 1. The Balaban J connectivity index is 2.22. The highest BCUT2D eigenvalue weighted by molar-refractivity contribution is 7.99. The number of amides is 2. The molecule has 1 aliphatic rings. The number of carbonyl (C=O) groups is 2. The van der Waals surface area contributed by atoms with Crippen LogP contribution in [0.4, 0.5) is 9.59 Å². The second kappa shape index (κ2) is 11.4. The van der Waals surface area contributed by atoms with Crippen molar-refractivity contribution in [1.29, 1.82) is 0 Å². The van der Waals surface area contributed by atoms with Gasteiger partial charge in [-0.15, -0.1) is 11.8 Å². The molecular weight excluding hydrogens is 390 g/mol. The minimum absolute atomic E-state index is 0.0173. The quantitative estimate of drug-likeness (QED) is 0.536. The van der Waals surface area contributed by atoms with Gasteiger partial charge in [-0.2, -0.15) is 0 Å². The van der Waals surface area contributed by atoms with Crippen molar-refractivity contribution >= 4 is 23.9 Å². The van der Waals surface area contributed by atoms with E-state index >= 15 is 0 Å². The van der Waals surface area contributed by atoms with Crippen LogP contribution in [0.3, 0.4) is 0 Å². The number of hydrogen-bond donors (Lipinski definition) is 2. The van der Waals surface area contributed by atoms with Crippen molar-refractivity contribution in [1.82, 2.24) is 15.2 Å². The largest absolute Gasteiger partial charge is 0.445 e. The van der Waals surface area contributed by atoms with Gasteiger partial charge in [-0.1, -0.05) is 19.8 Å². The number of nitrogens with zero attached hydrogens (tertiary/aromatic N) is 1. The summed E-state index contributed by atoms with van der Waals surface area (Å²) in [5.41, 5.74) is 3.16. The highest BCUT2D eigenvalue weighted by Crippen LogP contribution is 2.38. The Morgan fingerprint density at radius 2 is 1.59 bits per heavy atom. The Bertz CT molecular complexity index is 701. The van der Waals surface area contributed by atoms with E-state index in [4.69, 9.17) is 9.47 Å². The molecule has 0 aliphatic carbocycles. The lowest BCUT2D eigenvalue weighted by atomic mass is 10.1. The molecule has 0 bridgehead atoms. The molecule has 1 aliphatic heterocycles. The van der Waals surface area contributed by atoms with Gasteiger partial charge in [-0.3, -0.25) is 0 Å². The molecule has 1 aromatic heterocycles. The zero-order valence-electron chi connectivity index (χ0n) is 18.3. The lowest BCUT2D eigenvalue weighted by Gasteiger charge is -2.14. The number of aromatic nitrogens is 1. The fourth-order valence-electron chi connectivity index (χ4n) is 3.36. The number of alkyl carbamates (subject to hydrolysis) is 2. The summed E-state index contributed by atoms with van der Waals surface area (Å²) >= 11 is 1.77. The van der Waals surface area contributed by atoms with Gasteiger partial charge >= 0.3 is 12.2 Å². The van der Waals surface area contributed by atoms with E-state index < -0.39 is 12.2 Å². The third kappa shape index (κ3) is 6.87. The van der Waals surface area contributed by atoms with Crippen molar-refractivity contribution in [2.24, 2.45) is 0 Å². The summed E-state index contributed by atoms with van der Waals surface area (Å²) in [5, 5.41) is 6.64. The predicted molar refractivity (Wildman–Crippen MR) is 115 cm³/mol. The van der Waals surface area contributed by atoms with Crippen molar-refractivity contribution in [3.05, 3.63) is 16.8 Å². The fourth-order valence-corrected chi connectivity index (χ4v) is 4.55. The van der Waals surface area contributed by atoms with Crippen molar-refractivity contribution < 1.29 is 19.1 Å². The number of ether oxygens (including phenoxy) is 2. The van der Waals surface area contributed by atoms with E-state index in [0.717, 1.165) is 54.1 Å². The summed E-state index contributed by atoms with van der Waals surface area (Å²) in [6.07, 6.45) is 3.47. The van der Waals surface area contributed by atoms with Gasteiger partial charge in [0.1, 0.15) is 13.2 Å². The zero-order valence-corrected chi connectivity index (χ0v) is 19.1. The van der Waals surface area contributed by atoms with Crippen LogP contribution in [-0.4, -0.2) is 34.6 Å². The SMILES string of the molecule is CCCCCc1c(COC(=O)NC(C)C)c(COC(=O)NC(C)C)c2n1CCS2. The van der Waals surface area contributed by atoms with E-state index in [9.17, 15) is 9.59 Å². The first-order valence-electron chi connectivity index (χ1n) is 10.6. The van der Waals surface area contributed by atoms with E-state index in [1.54, 1.807) is 11.8 Å². The van der Waals surface area contributed by atoms with Gasteiger partial charge in [-0.05, 0) is 40.5 Å². The lowest BCUT2D eigenvalue weighted by Crippen LogP contribution is -2.31. The zero-order chi connectivity index (χ0) is 21.4. The smallest absolute Gasteiger partial charge is 0.407 e. The van der Waals surface area contributed by atoms with Crippen LogP contribution in [-0.2, 0) is 35.7 Å². The van der Waals surface area contributed by atoms with Crippen LogP contribution in [0.5, 0.6) is 0 Å². The first-order chi connectivity index (χ1) is 13.8. The Hall–Kier alpha value is -1.83. The molecule has 164 valence electrons. The number of hydrogen-bond acceptors (Lipinski definition) is 5. The van der Waals surface area contributed by atoms with Crippen LogP contribution in [0.2, 0.25) is 0 Å². The Morgan fingerprint density at radius 3 is 2.14 bits per heavy atom. The van der Waals surface area contributed by atoms with E-state index in [-0.39, 0.29) is 25.3 Å². The molecule has 0 saturated carbocycles. The minimum atomic E-state index is -0.431. The molecule has 0 spiro atoms. The normalized spacial score (nSPS) is 12.9. The molecule has 0 radical (unpaired) electrons. The molecule has 0 unspecified atom stereocenters. The Labute approximate surface area is 178 Å². The maximum Gasteiger partial charge on any atom is 0.407 e. The van der Waals surface area contributed by atoms with Crippen LogP contribution >= 0.6 is 11.8 Å². The van der Waals surface area contributed by atoms with Gasteiger partial charge in [0.2, 0.25) is 0 Å². The molecule has 0 fully saturated rings. The van der Waals surface area contributed by atoms with Gasteiger partial charge in [0.25, 0.3) is 0 Å². The molecule has 0 atom stereocenters. The third-order valence-corrected chi connectivity index (χ3v) is 5.75. The number of carbonyl (C=O) groups excluding carboxylic acids is 2. The highest BCUT2D eigenvalue weighted by Gasteiger charge is 2.27. The second-order valence-electron chi connectivity index (χ2n) is 7.92. The van der Waals surface area contributed by atoms with Crippen LogP contribution in [0.25, 0.3) is 0 Å². The highest BCUT2D eigenvalue weighted by atomic mass is 32.2. The summed E-state index contributed by atoms with van der Waals surface area (Å²) in [5.74, 6) is 1.01. The molecule has 2 heterocycles. The summed E-state index contributed by atoms with van der Waals surface area (Å²) in [4.78, 5) is 24.0. The van der Waals surface area contributed by atoms with Gasteiger partial charge in [-0.25, -0.2) is 9.59 Å². The number of fused-ring (bicyclic) bond motifs is 1. The molecule has 8 heteroatoms. The standard InChI is InChI=1S/C21H35N3O4S/c1-6-7-8-9-18-16(12-27-20(25)22-14(2)3)17(19-24(18)10-11-29-19)13-28-21(26)23-15(4)5/h14-15H,6-13H2,1-5H3,(H,22,25)(H,23,26). The average molecular weight is 426 g/mol. The average Bonchev–Trinajstić information content (AvgIpc) is 3.19. The Kier molecular flexibility index (Phi) is 9.20.